The van der Waals surface area contributed by atoms with Crippen molar-refractivity contribution in [2.45, 2.75) is 40.7 Å². The summed E-state index contributed by atoms with van der Waals surface area (Å²) in [6, 6.07) is -0.373. The first kappa shape index (κ1) is 25.3. The average molecular weight is 507 g/mol. The van der Waals surface area contributed by atoms with E-state index in [0.717, 1.165) is 17.9 Å². The molecule has 0 aromatic heterocycles. The van der Waals surface area contributed by atoms with Gasteiger partial charge in [0, 0.05) is 20.1 Å². The molecule has 2 unspecified atom stereocenters. The van der Waals surface area contributed by atoms with E-state index in [1.54, 1.807) is 28.7 Å². The topological polar surface area (TPSA) is 96.9 Å². The summed E-state index contributed by atoms with van der Waals surface area (Å²) in [5.74, 6) is -0.193. The lowest BCUT2D eigenvalue weighted by Gasteiger charge is -2.26. The van der Waals surface area contributed by atoms with Crippen molar-refractivity contribution in [3.05, 3.63) is 0 Å². The zero-order valence-electron chi connectivity index (χ0n) is 15.5. The van der Waals surface area contributed by atoms with Gasteiger partial charge in [0.15, 0.2) is 0 Å². The minimum Gasteiger partial charge on any atom is -0.382 e. The molecule has 2 aliphatic heterocycles. The quantitative estimate of drug-likeness (QED) is 0.284. The molecule has 2 fully saturated rings. The van der Waals surface area contributed by atoms with Crippen molar-refractivity contribution in [3.8, 4) is 0 Å². The lowest BCUT2D eigenvalue weighted by atomic mass is 10.1. The monoisotopic (exact) mass is 506 g/mol. The van der Waals surface area contributed by atoms with Crippen molar-refractivity contribution < 1.29 is 24.2 Å². The minimum absolute atomic E-state index is 0.0349. The summed E-state index contributed by atoms with van der Waals surface area (Å²) in [4.78, 5) is 24.6. The Hall–Kier alpha value is 1.08. The number of unbranched alkanes of at least 4 members (excludes halogenated alkanes) is 1. The maximum absolute atomic E-state index is 12.8. The van der Waals surface area contributed by atoms with Crippen LogP contribution in [0.3, 0.4) is 0 Å². The van der Waals surface area contributed by atoms with Gasteiger partial charge in [-0.1, -0.05) is 43.2 Å². The molecule has 0 aliphatic carbocycles. The maximum Gasteiger partial charge on any atom is 0.239 e. The molecule has 2 rings (SSSR count). The Morgan fingerprint density at radius 1 is 1.25 bits per heavy atom. The van der Waals surface area contributed by atoms with Gasteiger partial charge in [-0.15, -0.1) is 0 Å². The summed E-state index contributed by atoms with van der Waals surface area (Å²) < 4.78 is 8.80. The van der Waals surface area contributed by atoms with E-state index >= 15 is 0 Å². The number of methoxy groups -OCH3 is 1. The molecule has 0 radical (unpaired) electrons. The molecule has 13 heteroatoms. The number of rotatable bonds is 11. The van der Waals surface area contributed by atoms with Crippen LogP contribution in [0.4, 0.5) is 0 Å². The second-order valence-electron chi connectivity index (χ2n) is 5.91. The summed E-state index contributed by atoms with van der Waals surface area (Å²) in [6.07, 6.45) is 2.56. The second kappa shape index (κ2) is 14.2. The Balaban J connectivity index is 1.66. The number of fused-ring (bicyclic) bond motifs is 3. The number of carbonyl (C=O) groups is 2. The van der Waals surface area contributed by atoms with Gasteiger partial charge < -0.3 is 19.9 Å². The Morgan fingerprint density at radius 2 is 2.11 bits per heavy atom. The highest BCUT2D eigenvalue weighted by Crippen LogP contribution is 2.56. The first-order valence-corrected chi connectivity index (χ1v) is 15.8. The number of carbonyl (C=O) groups excluding carboxylic acids is 2. The van der Waals surface area contributed by atoms with Gasteiger partial charge in [-0.25, -0.2) is 0 Å². The summed E-state index contributed by atoms with van der Waals surface area (Å²) in [5.41, 5.74) is 0. The highest BCUT2D eigenvalue weighted by molar-refractivity contribution is 8.93. The lowest BCUT2D eigenvalue weighted by Crippen LogP contribution is -2.46. The number of amides is 1. The van der Waals surface area contributed by atoms with Gasteiger partial charge in [-0.3, -0.25) is 14.9 Å². The lowest BCUT2D eigenvalue weighted by molar-refractivity contribution is -0.127. The fourth-order valence-electron chi connectivity index (χ4n) is 2.36. The molecule has 28 heavy (non-hydrogen) atoms. The second-order valence-corrected chi connectivity index (χ2v) is 14.3. The van der Waals surface area contributed by atoms with Gasteiger partial charge in [-0.05, 0) is 40.9 Å². The van der Waals surface area contributed by atoms with Gasteiger partial charge in [0.1, 0.15) is 4.71 Å². The van der Waals surface area contributed by atoms with Gasteiger partial charge in [0.05, 0.1) is 30.9 Å². The molecule has 2 bridgehead atoms. The Labute approximate surface area is 189 Å². The standard InChI is InChI=1S/C15H26N2O5S6/c1-21-8-9-22-7-5-12(18)16-6-3-2-4-11-13(19)15(20)27-24-10-23-25-14(17-11)26-28-15/h11,14,17,20H,2-10H2,1H3,(H,16,18)/t11-,14?,15?/m0/s1. The van der Waals surface area contributed by atoms with Gasteiger partial charge >= 0.3 is 0 Å². The third kappa shape index (κ3) is 9.06. The van der Waals surface area contributed by atoms with E-state index in [-0.39, 0.29) is 22.4 Å². The average Bonchev–Trinajstić information content (AvgIpc) is 2.74. The van der Waals surface area contributed by atoms with E-state index in [0.29, 0.717) is 39.2 Å². The number of hydrogen-bond acceptors (Lipinski definition) is 12. The number of Topliss-reactive ketones (excluding diaryl/α,β-unsaturated/α-hetero) is 1. The molecule has 2 heterocycles. The smallest absolute Gasteiger partial charge is 0.239 e. The van der Waals surface area contributed by atoms with Crippen molar-refractivity contribution in [1.29, 1.82) is 0 Å². The Bertz CT molecular complexity index is 506. The summed E-state index contributed by atoms with van der Waals surface area (Å²) >= 11 is 0. The molecule has 2 aliphatic rings. The Kier molecular flexibility index (Phi) is 12.9. The molecule has 1 amide bonds. The number of ketones is 1. The predicted molar refractivity (Wildman–Crippen MR) is 125 cm³/mol. The highest BCUT2D eigenvalue weighted by atomic mass is 33.2. The molecule has 3 N–H and O–H groups in total. The molecule has 0 saturated carbocycles. The molecular formula is C15H26N2O5S6. The highest BCUT2D eigenvalue weighted by Gasteiger charge is 2.46. The van der Waals surface area contributed by atoms with E-state index in [9.17, 15) is 14.7 Å². The molecule has 7 nitrogen and oxygen atoms in total. The van der Waals surface area contributed by atoms with Crippen LogP contribution in [-0.4, -0.2) is 70.4 Å². The van der Waals surface area contributed by atoms with Crippen LogP contribution in [0, 0.1) is 0 Å². The van der Waals surface area contributed by atoms with Crippen LogP contribution in [0.15, 0.2) is 0 Å². The third-order valence-electron chi connectivity index (χ3n) is 3.78. The van der Waals surface area contributed by atoms with E-state index in [4.69, 9.17) is 9.47 Å². The van der Waals surface area contributed by atoms with Gasteiger partial charge in [0.2, 0.25) is 16.0 Å². The minimum atomic E-state index is -1.41. The first-order valence-electron chi connectivity index (χ1n) is 8.84. The number of nitrogens with one attached hydrogen (secondary N) is 2. The van der Waals surface area contributed by atoms with E-state index in [1.807, 2.05) is 0 Å². The largest absolute Gasteiger partial charge is 0.382 e. The van der Waals surface area contributed by atoms with E-state index in [2.05, 4.69) is 10.6 Å². The molecule has 0 spiro atoms. The fourth-order valence-corrected chi connectivity index (χ4v) is 13.0. The van der Waals surface area contributed by atoms with Crippen LogP contribution in [-0.2, 0) is 19.1 Å². The maximum atomic E-state index is 12.8. The Morgan fingerprint density at radius 3 is 2.93 bits per heavy atom. The van der Waals surface area contributed by atoms with E-state index < -0.39 is 4.27 Å². The van der Waals surface area contributed by atoms with Crippen LogP contribution < -0.4 is 10.6 Å². The van der Waals surface area contributed by atoms with Crippen molar-refractivity contribution in [1.82, 2.24) is 10.6 Å². The molecule has 0 aromatic rings. The van der Waals surface area contributed by atoms with Crippen LogP contribution in [0.5, 0.6) is 0 Å². The number of aliphatic hydroxyl groups is 1. The van der Waals surface area contributed by atoms with Gasteiger partial charge in [-0.2, -0.15) is 0 Å². The number of hydrogen-bond donors (Lipinski definition) is 3. The predicted octanol–water partition coefficient (Wildman–Crippen LogP) is 2.91. The first-order chi connectivity index (χ1) is 13.5. The van der Waals surface area contributed by atoms with Crippen LogP contribution >= 0.6 is 64.8 Å². The normalized spacial score (nSPS) is 28.3. The molecular weight excluding hydrogens is 481 g/mol. The summed E-state index contributed by atoms with van der Waals surface area (Å²) in [6.45, 7) is 1.97. The van der Waals surface area contributed by atoms with E-state index in [1.165, 1.54) is 43.2 Å². The molecule has 162 valence electrons. The third-order valence-corrected chi connectivity index (χ3v) is 14.2. The number of ether oxygens (including phenoxy) is 2. The summed E-state index contributed by atoms with van der Waals surface area (Å²) in [7, 11) is 10.6. The van der Waals surface area contributed by atoms with Crippen molar-refractivity contribution in [3.63, 3.8) is 0 Å². The zero-order valence-corrected chi connectivity index (χ0v) is 20.4. The van der Waals surface area contributed by atoms with Gasteiger partial charge in [0.25, 0.3) is 0 Å². The SMILES string of the molecule is COCCOCCC(=O)NCCCC[C@@H]1NC2SSCSSC(O)(SS2)C1=O. The fraction of sp³-hybridized carbons (Fsp3) is 0.867. The summed E-state index contributed by atoms with van der Waals surface area (Å²) in [5, 5.41) is 17.8. The zero-order chi connectivity index (χ0) is 20.2. The van der Waals surface area contributed by atoms with Crippen molar-refractivity contribution >= 4 is 76.5 Å². The van der Waals surface area contributed by atoms with Crippen LogP contribution in [0.1, 0.15) is 25.7 Å². The van der Waals surface area contributed by atoms with Crippen molar-refractivity contribution in [2.75, 3.05) is 38.6 Å². The van der Waals surface area contributed by atoms with Crippen LogP contribution in [0.25, 0.3) is 0 Å². The molecule has 2 saturated heterocycles. The molecule has 3 atom stereocenters. The molecule has 0 aromatic carbocycles. The van der Waals surface area contributed by atoms with Crippen LogP contribution in [0.2, 0.25) is 0 Å². The van der Waals surface area contributed by atoms with Crippen molar-refractivity contribution in [2.24, 2.45) is 0 Å².